The molecule has 2 N–H and O–H groups in total. The second-order valence-corrected chi connectivity index (χ2v) is 6.02. The lowest BCUT2D eigenvalue weighted by molar-refractivity contribution is 0.176. The Labute approximate surface area is 142 Å². The van der Waals surface area contributed by atoms with Crippen LogP contribution in [0.25, 0.3) is 0 Å². The van der Waals surface area contributed by atoms with E-state index in [0.29, 0.717) is 12.5 Å². The van der Waals surface area contributed by atoms with Crippen molar-refractivity contribution in [3.05, 3.63) is 23.8 Å². The first kappa shape index (κ1) is 17.9. The Balaban J connectivity index is 2.23. The first-order valence-corrected chi connectivity index (χ1v) is 8.03. The minimum absolute atomic E-state index is 0.0315. The number of ether oxygens (including phenoxy) is 3. The molecule has 7 nitrogen and oxygen atoms in total. The van der Waals surface area contributed by atoms with E-state index in [9.17, 15) is 4.79 Å². The second-order valence-electron chi connectivity index (χ2n) is 6.02. The van der Waals surface area contributed by atoms with Gasteiger partial charge in [-0.3, -0.25) is 5.32 Å². The van der Waals surface area contributed by atoms with Gasteiger partial charge in [0.05, 0.1) is 25.4 Å². The first-order valence-electron chi connectivity index (χ1n) is 8.03. The lowest BCUT2D eigenvalue weighted by atomic mass is 10.1. The van der Waals surface area contributed by atoms with Crippen LogP contribution < -0.4 is 20.1 Å². The maximum absolute atomic E-state index is 11.3. The Bertz CT molecular complexity index is 614. The zero-order valence-corrected chi connectivity index (χ0v) is 14.8. The molecule has 0 saturated heterocycles. The molecule has 0 spiro atoms. The van der Waals surface area contributed by atoms with Crippen molar-refractivity contribution < 1.29 is 19.0 Å². The second kappa shape index (κ2) is 7.90. The van der Waals surface area contributed by atoms with E-state index in [-0.39, 0.29) is 18.2 Å². The number of benzene rings is 1. The van der Waals surface area contributed by atoms with Crippen LogP contribution in [0.1, 0.15) is 39.3 Å². The Hall–Kier alpha value is -2.44. The standard InChI is InChI=1S/C17H25N3O4/c1-10(2)23-12-6-7-13(15(8-12)24-11(3)4)14-9-18-16(19-14)20-17(21)22-5/h6-8,10-11,14H,9H2,1-5H3,(H2,18,19,20,21). The number of rotatable bonds is 5. The highest BCUT2D eigenvalue weighted by Gasteiger charge is 2.24. The van der Waals surface area contributed by atoms with E-state index < -0.39 is 6.09 Å². The van der Waals surface area contributed by atoms with E-state index in [1.165, 1.54) is 7.11 Å². The van der Waals surface area contributed by atoms with Crippen LogP contribution in [0, 0.1) is 0 Å². The molecule has 1 atom stereocenters. The molecule has 1 aliphatic rings. The molecule has 1 amide bonds. The van der Waals surface area contributed by atoms with Gasteiger partial charge in [-0.15, -0.1) is 0 Å². The van der Waals surface area contributed by atoms with Crippen LogP contribution in [0.2, 0.25) is 0 Å². The predicted molar refractivity (Wildman–Crippen MR) is 91.7 cm³/mol. The van der Waals surface area contributed by atoms with Crippen LogP contribution in [-0.4, -0.2) is 37.9 Å². The fraction of sp³-hybridized carbons (Fsp3) is 0.529. The minimum atomic E-state index is -0.554. The number of carbonyl (C=O) groups is 1. The average molecular weight is 335 g/mol. The van der Waals surface area contributed by atoms with Gasteiger partial charge in [-0.2, -0.15) is 0 Å². The number of hydrogen-bond donors (Lipinski definition) is 2. The van der Waals surface area contributed by atoms with Gasteiger partial charge in [0.2, 0.25) is 5.96 Å². The molecule has 0 fully saturated rings. The molecule has 1 aromatic rings. The monoisotopic (exact) mass is 335 g/mol. The fourth-order valence-corrected chi connectivity index (χ4v) is 2.34. The zero-order chi connectivity index (χ0) is 17.7. The van der Waals surface area contributed by atoms with Crippen molar-refractivity contribution >= 4 is 12.1 Å². The molecule has 132 valence electrons. The lowest BCUT2D eigenvalue weighted by Crippen LogP contribution is -2.37. The summed E-state index contributed by atoms with van der Waals surface area (Å²) >= 11 is 0. The Kier molecular flexibility index (Phi) is 5.89. The molecule has 1 heterocycles. The van der Waals surface area contributed by atoms with Gasteiger partial charge < -0.3 is 19.5 Å². The number of carbonyl (C=O) groups excluding carboxylic acids is 1. The highest BCUT2D eigenvalue weighted by Crippen LogP contribution is 2.33. The Morgan fingerprint density at radius 3 is 2.58 bits per heavy atom. The number of aliphatic imine (C=N–C) groups is 1. The summed E-state index contributed by atoms with van der Waals surface area (Å²) in [6.07, 6.45) is -0.435. The van der Waals surface area contributed by atoms with Gasteiger partial charge in [-0.25, -0.2) is 9.79 Å². The molecule has 0 aromatic heterocycles. The fourth-order valence-electron chi connectivity index (χ4n) is 2.34. The van der Waals surface area contributed by atoms with Crippen LogP contribution in [0.15, 0.2) is 23.2 Å². The molecule has 0 saturated carbocycles. The van der Waals surface area contributed by atoms with Crippen molar-refractivity contribution in [3.63, 3.8) is 0 Å². The quantitative estimate of drug-likeness (QED) is 0.864. The Morgan fingerprint density at radius 2 is 1.96 bits per heavy atom. The smallest absolute Gasteiger partial charge is 0.413 e. The molecule has 0 radical (unpaired) electrons. The van der Waals surface area contributed by atoms with Gasteiger partial charge in [0.15, 0.2) is 0 Å². The van der Waals surface area contributed by atoms with Crippen molar-refractivity contribution in [1.29, 1.82) is 0 Å². The number of nitrogens with one attached hydrogen (secondary N) is 2. The number of amides is 1. The molecule has 2 rings (SSSR count). The summed E-state index contributed by atoms with van der Waals surface area (Å²) in [5.74, 6) is 1.88. The summed E-state index contributed by atoms with van der Waals surface area (Å²) in [5, 5.41) is 5.59. The normalized spacial score (nSPS) is 16.6. The van der Waals surface area contributed by atoms with E-state index in [0.717, 1.165) is 17.1 Å². The summed E-state index contributed by atoms with van der Waals surface area (Å²) < 4.78 is 16.2. The Morgan fingerprint density at radius 1 is 1.25 bits per heavy atom. The third kappa shape index (κ3) is 4.78. The van der Waals surface area contributed by atoms with Crippen LogP contribution in [0.3, 0.4) is 0 Å². The van der Waals surface area contributed by atoms with Gasteiger partial charge in [0, 0.05) is 18.2 Å². The summed E-state index contributed by atoms with van der Waals surface area (Å²) in [4.78, 5) is 15.8. The molecule has 7 heteroatoms. The van der Waals surface area contributed by atoms with E-state index in [1.54, 1.807) is 0 Å². The van der Waals surface area contributed by atoms with Gasteiger partial charge in [0.25, 0.3) is 0 Å². The maximum Gasteiger partial charge on any atom is 0.413 e. The zero-order valence-electron chi connectivity index (χ0n) is 14.8. The third-order valence-electron chi connectivity index (χ3n) is 3.23. The summed E-state index contributed by atoms with van der Waals surface area (Å²) in [6.45, 7) is 8.47. The number of nitrogens with zero attached hydrogens (tertiary/aromatic N) is 1. The molecule has 24 heavy (non-hydrogen) atoms. The molecule has 1 unspecified atom stereocenters. The number of methoxy groups -OCH3 is 1. The number of alkyl carbamates (subject to hydrolysis) is 1. The molecule has 1 aliphatic heterocycles. The van der Waals surface area contributed by atoms with E-state index >= 15 is 0 Å². The predicted octanol–water partition coefficient (Wildman–Crippen LogP) is 2.62. The van der Waals surface area contributed by atoms with Crippen molar-refractivity contribution in [2.75, 3.05) is 13.7 Å². The maximum atomic E-state index is 11.3. The van der Waals surface area contributed by atoms with Gasteiger partial charge in [0.1, 0.15) is 11.5 Å². The minimum Gasteiger partial charge on any atom is -0.491 e. The van der Waals surface area contributed by atoms with E-state index in [2.05, 4.69) is 20.4 Å². The van der Waals surface area contributed by atoms with Crippen molar-refractivity contribution in [2.45, 2.75) is 45.9 Å². The van der Waals surface area contributed by atoms with Gasteiger partial charge in [-0.1, -0.05) is 0 Å². The van der Waals surface area contributed by atoms with Crippen molar-refractivity contribution in [1.82, 2.24) is 10.6 Å². The topological polar surface area (TPSA) is 81.2 Å². The third-order valence-corrected chi connectivity index (χ3v) is 3.23. The van der Waals surface area contributed by atoms with Crippen molar-refractivity contribution in [2.24, 2.45) is 4.99 Å². The van der Waals surface area contributed by atoms with Crippen molar-refractivity contribution in [3.8, 4) is 11.5 Å². The first-order chi connectivity index (χ1) is 11.4. The average Bonchev–Trinajstić information content (AvgIpc) is 2.94. The summed E-state index contributed by atoms with van der Waals surface area (Å²) in [6, 6.07) is 5.59. The highest BCUT2D eigenvalue weighted by atomic mass is 16.5. The highest BCUT2D eigenvalue weighted by molar-refractivity contribution is 5.94. The van der Waals surface area contributed by atoms with Crippen LogP contribution >= 0.6 is 0 Å². The van der Waals surface area contributed by atoms with E-state index in [1.807, 2.05) is 45.9 Å². The molecule has 0 aliphatic carbocycles. The number of guanidine groups is 1. The molecular formula is C17H25N3O4. The van der Waals surface area contributed by atoms with Gasteiger partial charge >= 0.3 is 6.09 Å². The van der Waals surface area contributed by atoms with Crippen LogP contribution in [0.4, 0.5) is 4.79 Å². The molecular weight excluding hydrogens is 310 g/mol. The van der Waals surface area contributed by atoms with Gasteiger partial charge in [-0.05, 0) is 39.8 Å². The number of hydrogen-bond acceptors (Lipinski definition) is 6. The molecule has 1 aromatic carbocycles. The largest absolute Gasteiger partial charge is 0.491 e. The van der Waals surface area contributed by atoms with E-state index in [4.69, 9.17) is 9.47 Å². The lowest BCUT2D eigenvalue weighted by Gasteiger charge is -2.18. The SMILES string of the molecule is COC(=O)NC1=NC(c2ccc(OC(C)C)cc2OC(C)C)CN1. The molecule has 0 bridgehead atoms. The summed E-state index contributed by atoms with van der Waals surface area (Å²) in [7, 11) is 1.31. The van der Waals surface area contributed by atoms with Crippen LogP contribution in [0.5, 0.6) is 11.5 Å². The summed E-state index contributed by atoms with van der Waals surface area (Å²) in [5.41, 5.74) is 0.939. The van der Waals surface area contributed by atoms with Crippen LogP contribution in [-0.2, 0) is 4.74 Å².